The van der Waals surface area contributed by atoms with Gasteiger partial charge in [-0.25, -0.2) is 0 Å². The smallest absolute Gasteiger partial charge is 0.0465 e. The van der Waals surface area contributed by atoms with Gasteiger partial charge in [-0.15, -0.1) is 0 Å². The third-order valence-electron chi connectivity index (χ3n) is 1.96. The van der Waals surface area contributed by atoms with Crippen LogP contribution >= 0.6 is 39.1 Å². The first kappa shape index (κ1) is 12.3. The van der Waals surface area contributed by atoms with Crippen LogP contribution in [0.4, 0.5) is 0 Å². The molecule has 78 valence electrons. The number of hydrogen-bond donors (Lipinski definition) is 0. The zero-order valence-corrected chi connectivity index (χ0v) is 11.0. The summed E-state index contributed by atoms with van der Waals surface area (Å²) in [5.74, 6) is 0. The highest BCUT2D eigenvalue weighted by molar-refractivity contribution is 9.09. The van der Waals surface area contributed by atoms with E-state index < -0.39 is 0 Å². The van der Waals surface area contributed by atoms with Crippen molar-refractivity contribution in [3.8, 4) is 0 Å². The lowest BCUT2D eigenvalue weighted by Crippen LogP contribution is -2.20. The highest BCUT2D eigenvalue weighted by Gasteiger charge is 2.07. The molecule has 0 aliphatic rings. The van der Waals surface area contributed by atoms with E-state index in [1.165, 1.54) is 0 Å². The summed E-state index contributed by atoms with van der Waals surface area (Å²) in [6.45, 7) is 1.76. The summed E-state index contributed by atoms with van der Waals surface area (Å²) in [5.41, 5.74) is 0.999. The lowest BCUT2D eigenvalue weighted by Gasteiger charge is -2.16. The van der Waals surface area contributed by atoms with Crippen LogP contribution in [0.5, 0.6) is 0 Å². The van der Waals surface area contributed by atoms with E-state index in [0.29, 0.717) is 0 Å². The maximum atomic E-state index is 6.05. The lowest BCUT2D eigenvalue weighted by molar-refractivity contribution is 0.350. The topological polar surface area (TPSA) is 3.24 Å². The number of nitrogens with zero attached hydrogens (tertiary/aromatic N) is 1. The molecule has 0 atom stereocenters. The standard InChI is InChI=1S/C10H12BrCl2N/c1-14(6-5-11)7-8-9(12)3-2-4-10(8)13/h2-4H,5-7H2,1H3. The fourth-order valence-corrected chi connectivity index (χ4v) is 2.30. The highest BCUT2D eigenvalue weighted by Crippen LogP contribution is 2.25. The molecule has 1 aromatic rings. The third-order valence-corrected chi connectivity index (χ3v) is 3.02. The van der Waals surface area contributed by atoms with E-state index in [1.54, 1.807) is 0 Å². The quantitative estimate of drug-likeness (QED) is 0.764. The van der Waals surface area contributed by atoms with E-state index in [9.17, 15) is 0 Å². The molecular weight excluding hydrogens is 285 g/mol. The van der Waals surface area contributed by atoms with Crippen molar-refractivity contribution in [3.63, 3.8) is 0 Å². The van der Waals surface area contributed by atoms with Crippen molar-refractivity contribution in [2.24, 2.45) is 0 Å². The van der Waals surface area contributed by atoms with Gasteiger partial charge in [0.25, 0.3) is 0 Å². The number of halogens is 3. The average Bonchev–Trinajstić information content (AvgIpc) is 2.12. The predicted molar refractivity (Wildman–Crippen MR) is 66.6 cm³/mol. The molecule has 0 fully saturated rings. The molecule has 0 bridgehead atoms. The van der Waals surface area contributed by atoms with Gasteiger partial charge in [-0.05, 0) is 19.2 Å². The third kappa shape index (κ3) is 3.43. The first-order valence-electron chi connectivity index (χ1n) is 4.32. The van der Waals surface area contributed by atoms with Crippen molar-refractivity contribution in [1.29, 1.82) is 0 Å². The Morgan fingerprint density at radius 2 is 1.86 bits per heavy atom. The van der Waals surface area contributed by atoms with E-state index >= 15 is 0 Å². The lowest BCUT2D eigenvalue weighted by atomic mass is 10.2. The van der Waals surface area contributed by atoms with Crippen molar-refractivity contribution >= 4 is 39.1 Å². The minimum Gasteiger partial charge on any atom is -0.301 e. The van der Waals surface area contributed by atoms with E-state index in [0.717, 1.165) is 34.0 Å². The zero-order valence-electron chi connectivity index (χ0n) is 7.93. The Hall–Kier alpha value is 0.240. The van der Waals surface area contributed by atoms with Crippen molar-refractivity contribution in [3.05, 3.63) is 33.8 Å². The maximum Gasteiger partial charge on any atom is 0.0465 e. The van der Waals surface area contributed by atoms with Gasteiger partial charge in [-0.1, -0.05) is 45.2 Å². The van der Waals surface area contributed by atoms with Crippen LogP contribution < -0.4 is 0 Å². The van der Waals surface area contributed by atoms with Crippen molar-refractivity contribution in [2.45, 2.75) is 6.54 Å². The molecule has 0 saturated heterocycles. The van der Waals surface area contributed by atoms with Gasteiger partial charge >= 0.3 is 0 Å². The van der Waals surface area contributed by atoms with Crippen LogP contribution in [-0.2, 0) is 6.54 Å². The molecule has 0 saturated carbocycles. The molecule has 4 heteroatoms. The minimum absolute atomic E-state index is 0.735. The molecule has 0 radical (unpaired) electrons. The summed E-state index contributed by atoms with van der Waals surface area (Å²) in [6, 6.07) is 5.59. The first-order valence-corrected chi connectivity index (χ1v) is 6.20. The summed E-state index contributed by atoms with van der Waals surface area (Å²) < 4.78 is 0. The maximum absolute atomic E-state index is 6.05. The summed E-state index contributed by atoms with van der Waals surface area (Å²) in [5, 5.41) is 2.42. The SMILES string of the molecule is CN(CCBr)Cc1c(Cl)cccc1Cl. The zero-order chi connectivity index (χ0) is 10.6. The van der Waals surface area contributed by atoms with Gasteiger partial charge in [-0.3, -0.25) is 0 Å². The molecule has 1 aromatic carbocycles. The second-order valence-electron chi connectivity index (χ2n) is 3.13. The van der Waals surface area contributed by atoms with Gasteiger partial charge in [-0.2, -0.15) is 0 Å². The van der Waals surface area contributed by atoms with Crippen LogP contribution in [-0.4, -0.2) is 23.8 Å². The molecule has 1 rings (SSSR count). The van der Waals surface area contributed by atoms with Crippen molar-refractivity contribution in [1.82, 2.24) is 4.90 Å². The minimum atomic E-state index is 0.735. The van der Waals surface area contributed by atoms with Crippen LogP contribution in [0.3, 0.4) is 0 Å². The number of benzene rings is 1. The summed E-state index contributed by atoms with van der Waals surface area (Å²) in [7, 11) is 2.04. The van der Waals surface area contributed by atoms with Crippen LogP contribution in [0.15, 0.2) is 18.2 Å². The van der Waals surface area contributed by atoms with Crippen LogP contribution in [0.2, 0.25) is 10.0 Å². The second kappa shape index (κ2) is 5.96. The fraction of sp³-hybridized carbons (Fsp3) is 0.400. The molecule has 14 heavy (non-hydrogen) atoms. The largest absolute Gasteiger partial charge is 0.301 e. The molecule has 0 aliphatic heterocycles. The van der Waals surface area contributed by atoms with Gasteiger partial charge in [0.15, 0.2) is 0 Å². The Bertz CT molecular complexity index is 284. The number of alkyl halides is 1. The van der Waals surface area contributed by atoms with Crippen LogP contribution in [0.1, 0.15) is 5.56 Å². The van der Waals surface area contributed by atoms with Gasteiger partial charge in [0.2, 0.25) is 0 Å². The van der Waals surface area contributed by atoms with Crippen LogP contribution in [0, 0.1) is 0 Å². The Morgan fingerprint density at radius 1 is 1.29 bits per heavy atom. The Balaban J connectivity index is 2.75. The molecular formula is C10H12BrCl2N. The molecule has 0 unspecified atom stereocenters. The summed E-state index contributed by atoms with van der Waals surface area (Å²) >= 11 is 15.5. The molecule has 1 nitrogen and oxygen atoms in total. The monoisotopic (exact) mass is 295 g/mol. The summed E-state index contributed by atoms with van der Waals surface area (Å²) in [6.07, 6.45) is 0. The molecule has 0 heterocycles. The van der Waals surface area contributed by atoms with E-state index in [-0.39, 0.29) is 0 Å². The van der Waals surface area contributed by atoms with E-state index in [1.807, 2.05) is 25.2 Å². The Morgan fingerprint density at radius 3 is 2.36 bits per heavy atom. The van der Waals surface area contributed by atoms with Gasteiger partial charge in [0.1, 0.15) is 0 Å². The fourth-order valence-electron chi connectivity index (χ4n) is 1.18. The number of hydrogen-bond acceptors (Lipinski definition) is 1. The Labute approximate surface area is 103 Å². The van der Waals surface area contributed by atoms with Crippen molar-refractivity contribution < 1.29 is 0 Å². The van der Waals surface area contributed by atoms with Gasteiger partial charge < -0.3 is 4.90 Å². The normalized spacial score (nSPS) is 10.9. The van der Waals surface area contributed by atoms with E-state index in [2.05, 4.69) is 20.8 Å². The van der Waals surface area contributed by atoms with Crippen molar-refractivity contribution in [2.75, 3.05) is 18.9 Å². The molecule has 0 N–H and O–H groups in total. The predicted octanol–water partition coefficient (Wildman–Crippen LogP) is 3.82. The van der Waals surface area contributed by atoms with Crippen LogP contribution in [0.25, 0.3) is 0 Å². The van der Waals surface area contributed by atoms with E-state index in [4.69, 9.17) is 23.2 Å². The molecule has 0 aromatic heterocycles. The Kier molecular flexibility index (Phi) is 5.24. The molecule has 0 amide bonds. The molecule has 0 aliphatic carbocycles. The second-order valence-corrected chi connectivity index (χ2v) is 4.73. The summed E-state index contributed by atoms with van der Waals surface area (Å²) in [4.78, 5) is 2.17. The van der Waals surface area contributed by atoms with Gasteiger partial charge in [0.05, 0.1) is 0 Å². The first-order chi connectivity index (χ1) is 6.65. The van der Waals surface area contributed by atoms with Gasteiger partial charge in [0, 0.05) is 34.0 Å². The highest BCUT2D eigenvalue weighted by atomic mass is 79.9. The average molecular weight is 297 g/mol. The number of rotatable bonds is 4. The molecule has 0 spiro atoms.